The summed E-state index contributed by atoms with van der Waals surface area (Å²) in [6.07, 6.45) is -16.7. The first-order valence-corrected chi connectivity index (χ1v) is 4.29. The summed E-state index contributed by atoms with van der Waals surface area (Å²) >= 11 is 0. The monoisotopic (exact) mass is 286 g/mol. The summed E-state index contributed by atoms with van der Waals surface area (Å²) in [6, 6.07) is 0. The normalized spacial score (nSPS) is 21.7. The number of rotatable bonds is 4. The molecular formula is C7H5F7O4. The van der Waals surface area contributed by atoms with Gasteiger partial charge in [0.2, 0.25) is 0 Å². The van der Waals surface area contributed by atoms with Crippen molar-refractivity contribution in [2.24, 2.45) is 0 Å². The molecular weight excluding hydrogens is 281 g/mol. The van der Waals surface area contributed by atoms with Crippen molar-refractivity contribution in [2.45, 2.75) is 30.9 Å². The Labute approximate surface area is 94.6 Å². The number of halogens is 7. The second-order valence-electron chi connectivity index (χ2n) is 3.27. The van der Waals surface area contributed by atoms with Crippen LogP contribution in [0.5, 0.6) is 0 Å². The van der Waals surface area contributed by atoms with Gasteiger partial charge in [-0.25, -0.2) is 9.53 Å². The summed E-state index contributed by atoms with van der Waals surface area (Å²) < 4.78 is 95.6. The Kier molecular flexibility index (Phi) is 3.65. The van der Waals surface area contributed by atoms with Gasteiger partial charge in [0, 0.05) is 0 Å². The molecule has 0 aliphatic carbocycles. The number of hydrogen-bond donors (Lipinski definition) is 0. The Morgan fingerprint density at radius 3 is 2.11 bits per heavy atom. The number of cyclic esters (lactones) is 2. The first-order valence-electron chi connectivity index (χ1n) is 4.29. The lowest BCUT2D eigenvalue weighted by molar-refractivity contribution is -0.467. The molecule has 0 aromatic rings. The third-order valence-corrected chi connectivity index (χ3v) is 1.80. The van der Waals surface area contributed by atoms with Crippen LogP contribution in [0.2, 0.25) is 0 Å². The highest BCUT2D eigenvalue weighted by Crippen LogP contribution is 2.43. The van der Waals surface area contributed by atoms with Crippen molar-refractivity contribution in [1.29, 1.82) is 0 Å². The van der Waals surface area contributed by atoms with Gasteiger partial charge in [0.1, 0.15) is 12.7 Å². The van der Waals surface area contributed by atoms with Gasteiger partial charge in [-0.1, -0.05) is 0 Å². The molecule has 0 bridgehead atoms. The van der Waals surface area contributed by atoms with Crippen LogP contribution in [0.4, 0.5) is 35.5 Å². The highest BCUT2D eigenvalue weighted by Gasteiger charge is 2.64. The minimum absolute atomic E-state index is 0.753. The highest BCUT2D eigenvalue weighted by atomic mass is 19.4. The molecule has 1 atom stereocenters. The van der Waals surface area contributed by atoms with E-state index in [9.17, 15) is 35.5 Å². The summed E-state index contributed by atoms with van der Waals surface area (Å²) in [5.41, 5.74) is 0. The van der Waals surface area contributed by atoms with Crippen LogP contribution in [0, 0.1) is 0 Å². The molecule has 0 radical (unpaired) electrons. The summed E-state index contributed by atoms with van der Waals surface area (Å²) in [6.45, 7) is -0.753. The van der Waals surface area contributed by atoms with Gasteiger partial charge in [-0.3, -0.25) is 0 Å². The van der Waals surface area contributed by atoms with Gasteiger partial charge in [0.05, 0.1) is 6.42 Å². The number of hydrogen-bond acceptors (Lipinski definition) is 4. The lowest BCUT2D eigenvalue weighted by Gasteiger charge is -2.27. The Hall–Kier alpha value is -1.26. The first-order chi connectivity index (χ1) is 7.93. The van der Waals surface area contributed by atoms with Gasteiger partial charge in [-0.2, -0.15) is 17.6 Å². The van der Waals surface area contributed by atoms with E-state index in [-0.39, 0.29) is 0 Å². The molecule has 0 saturated carbocycles. The van der Waals surface area contributed by atoms with Crippen LogP contribution in [-0.4, -0.2) is 37.3 Å². The van der Waals surface area contributed by atoms with E-state index in [1.807, 2.05) is 0 Å². The molecule has 1 heterocycles. The maximum Gasteiger partial charge on any atom is 0.527 e. The molecule has 0 spiro atoms. The third-order valence-electron chi connectivity index (χ3n) is 1.80. The fourth-order valence-corrected chi connectivity index (χ4v) is 1.09. The minimum Gasteiger partial charge on any atom is -0.430 e. The fourth-order valence-electron chi connectivity index (χ4n) is 1.09. The topological polar surface area (TPSA) is 44.8 Å². The maximum absolute atomic E-state index is 12.9. The number of ether oxygens (including phenoxy) is 3. The lowest BCUT2D eigenvalue weighted by Crippen LogP contribution is -2.48. The molecule has 4 nitrogen and oxygen atoms in total. The van der Waals surface area contributed by atoms with Crippen molar-refractivity contribution in [3.05, 3.63) is 0 Å². The van der Waals surface area contributed by atoms with Crippen LogP contribution in [-0.2, 0) is 14.2 Å². The van der Waals surface area contributed by atoms with Crippen LogP contribution < -0.4 is 0 Å². The second-order valence-corrected chi connectivity index (χ2v) is 3.27. The molecule has 106 valence electrons. The average molecular weight is 286 g/mol. The molecule has 18 heavy (non-hydrogen) atoms. The summed E-state index contributed by atoms with van der Waals surface area (Å²) in [4.78, 5) is 10.3. The molecule has 0 aromatic heterocycles. The molecule has 1 rings (SSSR count). The predicted molar refractivity (Wildman–Crippen MR) is 37.9 cm³/mol. The molecule has 0 amide bonds. The van der Waals surface area contributed by atoms with Gasteiger partial charge in [0.25, 0.3) is 0 Å². The Balaban J connectivity index is 2.69. The fraction of sp³-hybridized carbons (Fsp3) is 0.857. The Bertz CT molecular complexity index is 326. The summed E-state index contributed by atoms with van der Waals surface area (Å²) in [7, 11) is 0. The zero-order chi connectivity index (χ0) is 14.2. The van der Waals surface area contributed by atoms with Crippen molar-refractivity contribution in [1.82, 2.24) is 0 Å². The lowest BCUT2D eigenvalue weighted by atomic mass is 10.1. The largest absolute Gasteiger partial charge is 0.527 e. The standard InChI is InChI=1S/C7H5F7O4/c8-5(9,1-3-2-16-4(15)17-3)6(10,11)18-7(12,13)14/h3H,1-2H2. The summed E-state index contributed by atoms with van der Waals surface area (Å²) in [5, 5.41) is 0. The van der Waals surface area contributed by atoms with Crippen molar-refractivity contribution >= 4 is 6.16 Å². The average Bonchev–Trinajstić information content (AvgIpc) is 2.45. The predicted octanol–water partition coefficient (Wildman–Crippen LogP) is 2.68. The van der Waals surface area contributed by atoms with Crippen LogP contribution in [0.3, 0.4) is 0 Å². The van der Waals surface area contributed by atoms with Crippen LogP contribution >= 0.6 is 0 Å². The molecule has 1 fully saturated rings. The Morgan fingerprint density at radius 1 is 1.17 bits per heavy atom. The van der Waals surface area contributed by atoms with Gasteiger partial charge in [0.15, 0.2) is 0 Å². The smallest absolute Gasteiger partial charge is 0.430 e. The SMILES string of the molecule is O=C1OCC(CC(F)(F)C(F)(F)OC(F)(F)F)O1. The molecule has 1 aliphatic heterocycles. The third kappa shape index (κ3) is 3.62. The molecule has 1 unspecified atom stereocenters. The van der Waals surface area contributed by atoms with E-state index >= 15 is 0 Å². The molecule has 1 aliphatic rings. The quantitative estimate of drug-likeness (QED) is 0.588. The van der Waals surface area contributed by atoms with E-state index in [2.05, 4.69) is 14.2 Å². The van der Waals surface area contributed by atoms with Gasteiger partial charge >= 0.3 is 24.5 Å². The molecule has 0 aromatic carbocycles. The summed E-state index contributed by atoms with van der Waals surface area (Å²) in [5.74, 6) is -5.18. The Morgan fingerprint density at radius 2 is 1.72 bits per heavy atom. The van der Waals surface area contributed by atoms with Gasteiger partial charge in [-0.05, 0) is 0 Å². The maximum atomic E-state index is 12.9. The van der Waals surface area contributed by atoms with E-state index < -0.39 is 43.7 Å². The number of carbonyl (C=O) groups excluding carboxylic acids is 1. The second kappa shape index (κ2) is 4.44. The number of alkyl halides is 7. The molecule has 1 saturated heterocycles. The number of carbonyl (C=O) groups is 1. The molecule has 0 N–H and O–H groups in total. The van der Waals surface area contributed by atoms with Crippen molar-refractivity contribution in [3.8, 4) is 0 Å². The van der Waals surface area contributed by atoms with Crippen molar-refractivity contribution in [2.75, 3.05) is 6.61 Å². The first kappa shape index (κ1) is 14.8. The van der Waals surface area contributed by atoms with Crippen LogP contribution in [0.25, 0.3) is 0 Å². The van der Waals surface area contributed by atoms with E-state index in [0.29, 0.717) is 0 Å². The van der Waals surface area contributed by atoms with Crippen LogP contribution in [0.1, 0.15) is 6.42 Å². The van der Waals surface area contributed by atoms with E-state index in [4.69, 9.17) is 0 Å². The van der Waals surface area contributed by atoms with Crippen molar-refractivity contribution < 1.29 is 49.7 Å². The van der Waals surface area contributed by atoms with Gasteiger partial charge in [-0.15, -0.1) is 13.2 Å². The van der Waals surface area contributed by atoms with Crippen molar-refractivity contribution in [3.63, 3.8) is 0 Å². The zero-order valence-electron chi connectivity index (χ0n) is 8.27. The van der Waals surface area contributed by atoms with E-state index in [0.717, 1.165) is 0 Å². The van der Waals surface area contributed by atoms with E-state index in [1.54, 1.807) is 0 Å². The molecule has 11 heteroatoms. The highest BCUT2D eigenvalue weighted by molar-refractivity contribution is 5.61. The zero-order valence-corrected chi connectivity index (χ0v) is 8.27. The van der Waals surface area contributed by atoms with Crippen LogP contribution in [0.15, 0.2) is 0 Å². The minimum atomic E-state index is -5.93. The van der Waals surface area contributed by atoms with Gasteiger partial charge < -0.3 is 9.47 Å². The van der Waals surface area contributed by atoms with E-state index in [1.165, 1.54) is 0 Å².